The van der Waals surface area contributed by atoms with E-state index >= 15 is 0 Å². The summed E-state index contributed by atoms with van der Waals surface area (Å²) in [6, 6.07) is 0. The van der Waals surface area contributed by atoms with Crippen LogP contribution in [0.25, 0.3) is 0 Å². The number of hydrogen-bond donors (Lipinski definition) is 0. The first-order valence-corrected chi connectivity index (χ1v) is 3.63. The van der Waals surface area contributed by atoms with Gasteiger partial charge in [0.25, 0.3) is 0 Å². The summed E-state index contributed by atoms with van der Waals surface area (Å²) in [6.45, 7) is 5.67. The van der Waals surface area contributed by atoms with Crippen LogP contribution in [0.15, 0.2) is 4.52 Å². The van der Waals surface area contributed by atoms with E-state index in [2.05, 4.69) is 5.16 Å². The van der Waals surface area contributed by atoms with E-state index in [4.69, 9.17) is 16.1 Å². The summed E-state index contributed by atoms with van der Waals surface area (Å²) in [7, 11) is 0. The van der Waals surface area contributed by atoms with Gasteiger partial charge in [-0.15, -0.1) is 11.6 Å². The van der Waals surface area contributed by atoms with Crippen molar-refractivity contribution >= 4 is 11.6 Å². The topological polar surface area (TPSA) is 26.0 Å². The van der Waals surface area contributed by atoms with Gasteiger partial charge < -0.3 is 4.52 Å². The minimum absolute atomic E-state index is 0.00810. The highest BCUT2D eigenvalue weighted by Crippen LogP contribution is 2.25. The van der Waals surface area contributed by atoms with Crippen molar-refractivity contribution in [2.75, 3.05) is 0 Å². The number of alkyl halides is 1. The van der Waals surface area contributed by atoms with Crippen LogP contribution in [-0.4, -0.2) is 5.16 Å². The molecule has 0 amide bonds. The molecule has 0 N–H and O–H groups in total. The lowest BCUT2D eigenvalue weighted by atomic mass is 10.1. The van der Waals surface area contributed by atoms with Crippen molar-refractivity contribution in [1.82, 2.24) is 5.16 Å². The Bertz CT molecular complexity index is 210. The zero-order chi connectivity index (χ0) is 7.72. The fourth-order valence-electron chi connectivity index (χ4n) is 1.06. The molecule has 1 unspecified atom stereocenters. The maximum atomic E-state index is 5.86. The first-order valence-electron chi connectivity index (χ1n) is 3.19. The molecule has 1 rings (SSSR count). The number of hydrogen-bond acceptors (Lipinski definition) is 2. The molecular formula is C7H10ClNO. The molecular weight excluding hydrogens is 150 g/mol. The Morgan fingerprint density at radius 3 is 2.30 bits per heavy atom. The van der Waals surface area contributed by atoms with Crippen LogP contribution in [0.1, 0.15) is 29.3 Å². The normalized spacial score (nSPS) is 13.6. The maximum Gasteiger partial charge on any atom is 0.138 e. The zero-order valence-corrected chi connectivity index (χ0v) is 7.07. The van der Waals surface area contributed by atoms with Gasteiger partial charge in [-0.25, -0.2) is 0 Å². The first kappa shape index (κ1) is 7.61. The van der Waals surface area contributed by atoms with Crippen molar-refractivity contribution in [3.05, 3.63) is 17.0 Å². The fraction of sp³-hybridized carbons (Fsp3) is 0.571. The van der Waals surface area contributed by atoms with Gasteiger partial charge in [0.05, 0.1) is 11.1 Å². The van der Waals surface area contributed by atoms with Gasteiger partial charge in [0, 0.05) is 5.56 Å². The van der Waals surface area contributed by atoms with Gasteiger partial charge in [0.2, 0.25) is 0 Å². The van der Waals surface area contributed by atoms with Crippen LogP contribution in [0.5, 0.6) is 0 Å². The van der Waals surface area contributed by atoms with Crippen molar-refractivity contribution < 1.29 is 4.52 Å². The Balaban J connectivity index is 3.10. The number of halogens is 1. The van der Waals surface area contributed by atoms with Gasteiger partial charge in [-0.05, 0) is 20.8 Å². The van der Waals surface area contributed by atoms with E-state index in [9.17, 15) is 0 Å². The lowest BCUT2D eigenvalue weighted by Gasteiger charge is -1.98. The van der Waals surface area contributed by atoms with Crippen LogP contribution < -0.4 is 0 Å². The molecule has 1 atom stereocenters. The van der Waals surface area contributed by atoms with Crippen molar-refractivity contribution in [2.24, 2.45) is 0 Å². The molecule has 0 fully saturated rings. The van der Waals surface area contributed by atoms with Crippen LogP contribution in [0, 0.1) is 13.8 Å². The van der Waals surface area contributed by atoms with E-state index in [0.29, 0.717) is 0 Å². The molecule has 3 heteroatoms. The lowest BCUT2D eigenvalue weighted by Crippen LogP contribution is -1.87. The summed E-state index contributed by atoms with van der Waals surface area (Å²) in [5, 5.41) is 3.77. The molecule has 1 aromatic rings. The number of rotatable bonds is 1. The lowest BCUT2D eigenvalue weighted by molar-refractivity contribution is 0.392. The molecule has 0 spiro atoms. The van der Waals surface area contributed by atoms with Gasteiger partial charge in [0.15, 0.2) is 0 Å². The molecule has 0 aliphatic carbocycles. The smallest absolute Gasteiger partial charge is 0.138 e. The first-order chi connectivity index (χ1) is 4.63. The second-order valence-corrected chi connectivity index (χ2v) is 3.01. The van der Waals surface area contributed by atoms with Crippen LogP contribution in [0.4, 0.5) is 0 Å². The summed E-state index contributed by atoms with van der Waals surface area (Å²) < 4.78 is 4.92. The molecule has 1 heterocycles. The van der Waals surface area contributed by atoms with Gasteiger partial charge in [-0.1, -0.05) is 5.16 Å². The predicted molar refractivity (Wildman–Crippen MR) is 40.2 cm³/mol. The highest BCUT2D eigenvalue weighted by atomic mass is 35.5. The average molecular weight is 160 g/mol. The molecule has 0 aromatic carbocycles. The van der Waals surface area contributed by atoms with E-state index in [1.54, 1.807) is 0 Å². The molecule has 0 saturated heterocycles. The van der Waals surface area contributed by atoms with E-state index < -0.39 is 0 Å². The second kappa shape index (κ2) is 2.62. The van der Waals surface area contributed by atoms with Gasteiger partial charge >= 0.3 is 0 Å². The average Bonchev–Trinajstić information content (AvgIpc) is 2.11. The van der Waals surface area contributed by atoms with E-state index in [-0.39, 0.29) is 5.38 Å². The predicted octanol–water partition coefficient (Wildman–Crippen LogP) is 2.59. The maximum absolute atomic E-state index is 5.86. The molecule has 56 valence electrons. The van der Waals surface area contributed by atoms with Crippen LogP contribution >= 0.6 is 11.6 Å². The minimum atomic E-state index is -0.00810. The summed E-state index contributed by atoms with van der Waals surface area (Å²) in [4.78, 5) is 0. The molecule has 0 bridgehead atoms. The molecule has 0 radical (unpaired) electrons. The molecule has 2 nitrogen and oxygen atoms in total. The summed E-state index contributed by atoms with van der Waals surface area (Å²) in [6.07, 6.45) is 0. The fourth-order valence-corrected chi connectivity index (χ4v) is 1.37. The van der Waals surface area contributed by atoms with Crippen molar-refractivity contribution in [2.45, 2.75) is 26.1 Å². The van der Waals surface area contributed by atoms with Gasteiger partial charge in [-0.3, -0.25) is 0 Å². The Kier molecular flexibility index (Phi) is 2.00. The summed E-state index contributed by atoms with van der Waals surface area (Å²) in [5.74, 6) is 0.819. The van der Waals surface area contributed by atoms with Crippen LogP contribution in [-0.2, 0) is 0 Å². The van der Waals surface area contributed by atoms with Crippen molar-refractivity contribution in [3.8, 4) is 0 Å². The Morgan fingerprint density at radius 2 is 2.10 bits per heavy atom. The van der Waals surface area contributed by atoms with Crippen molar-refractivity contribution in [3.63, 3.8) is 0 Å². The molecule has 0 aliphatic heterocycles. The SMILES string of the molecule is Cc1noc(C)c1C(C)Cl. The van der Waals surface area contributed by atoms with Crippen LogP contribution in [0.2, 0.25) is 0 Å². The minimum Gasteiger partial charge on any atom is -0.361 e. The Labute approximate surface area is 65.2 Å². The second-order valence-electron chi connectivity index (χ2n) is 2.35. The Hall–Kier alpha value is -0.500. The molecule has 0 aliphatic rings. The zero-order valence-electron chi connectivity index (χ0n) is 6.31. The number of aromatic nitrogens is 1. The number of aryl methyl sites for hydroxylation is 2. The molecule has 0 saturated carbocycles. The standard InChI is InChI=1S/C7H10ClNO/c1-4(8)7-5(2)9-10-6(7)3/h4H,1-3H3. The summed E-state index contributed by atoms with van der Waals surface area (Å²) >= 11 is 5.86. The van der Waals surface area contributed by atoms with Crippen molar-refractivity contribution in [1.29, 1.82) is 0 Å². The van der Waals surface area contributed by atoms with E-state index in [1.807, 2.05) is 20.8 Å². The third-order valence-electron chi connectivity index (χ3n) is 1.49. The highest BCUT2D eigenvalue weighted by Gasteiger charge is 2.12. The largest absolute Gasteiger partial charge is 0.361 e. The van der Waals surface area contributed by atoms with E-state index in [1.165, 1.54) is 0 Å². The highest BCUT2D eigenvalue weighted by molar-refractivity contribution is 6.20. The third-order valence-corrected chi connectivity index (χ3v) is 1.70. The van der Waals surface area contributed by atoms with Gasteiger partial charge in [0.1, 0.15) is 5.76 Å². The molecule has 1 aromatic heterocycles. The van der Waals surface area contributed by atoms with Crippen LogP contribution in [0.3, 0.4) is 0 Å². The summed E-state index contributed by atoms with van der Waals surface area (Å²) in [5.41, 5.74) is 1.90. The van der Waals surface area contributed by atoms with Gasteiger partial charge in [-0.2, -0.15) is 0 Å². The quantitative estimate of drug-likeness (QED) is 0.589. The number of nitrogens with zero attached hydrogens (tertiary/aromatic N) is 1. The monoisotopic (exact) mass is 159 g/mol. The third kappa shape index (κ3) is 1.16. The van der Waals surface area contributed by atoms with E-state index in [0.717, 1.165) is 17.0 Å². The molecule has 10 heavy (non-hydrogen) atoms. The Morgan fingerprint density at radius 1 is 1.50 bits per heavy atom.